The minimum absolute atomic E-state index is 0.00963. The van der Waals surface area contributed by atoms with Crippen LogP contribution in [0.5, 0.6) is 17.4 Å². The second-order valence-electron chi connectivity index (χ2n) is 3.78. The first-order valence-corrected chi connectivity index (χ1v) is 5.75. The molecule has 9 heteroatoms. The van der Waals surface area contributed by atoms with Gasteiger partial charge in [-0.2, -0.15) is 4.98 Å². The molecule has 0 bridgehead atoms. The number of anilines is 1. The van der Waals surface area contributed by atoms with E-state index in [1.54, 1.807) is 7.05 Å². The van der Waals surface area contributed by atoms with Gasteiger partial charge >= 0.3 is 0 Å². The smallest absolute Gasteiger partial charge is 0.272 e. The highest BCUT2D eigenvalue weighted by molar-refractivity contribution is 5.55. The van der Waals surface area contributed by atoms with Crippen LogP contribution in [0.15, 0.2) is 24.5 Å². The number of benzene rings is 1. The Kier molecular flexibility index (Phi) is 4.12. The first kappa shape index (κ1) is 14.4. The van der Waals surface area contributed by atoms with E-state index in [1.165, 1.54) is 13.4 Å². The molecule has 21 heavy (non-hydrogen) atoms. The maximum atomic E-state index is 13.8. The first-order valence-electron chi connectivity index (χ1n) is 5.75. The Morgan fingerprint density at radius 3 is 2.71 bits per heavy atom. The van der Waals surface area contributed by atoms with Crippen LogP contribution in [0.3, 0.4) is 0 Å². The van der Waals surface area contributed by atoms with Crippen LogP contribution in [-0.2, 0) is 0 Å². The van der Waals surface area contributed by atoms with Gasteiger partial charge in [0.25, 0.3) is 11.6 Å². The first-order chi connectivity index (χ1) is 10.1. The number of nitro groups is 1. The average molecular weight is 294 g/mol. The number of hydrogen-bond acceptors (Lipinski definition) is 7. The zero-order chi connectivity index (χ0) is 15.4. The van der Waals surface area contributed by atoms with Gasteiger partial charge in [-0.15, -0.1) is 0 Å². The molecule has 0 amide bonds. The maximum absolute atomic E-state index is 13.8. The molecule has 1 heterocycles. The van der Waals surface area contributed by atoms with Gasteiger partial charge in [0.15, 0.2) is 17.4 Å². The monoisotopic (exact) mass is 294 g/mol. The third kappa shape index (κ3) is 2.96. The minimum Gasteiger partial charge on any atom is -0.489 e. The Morgan fingerprint density at radius 2 is 2.14 bits per heavy atom. The van der Waals surface area contributed by atoms with Crippen molar-refractivity contribution >= 4 is 11.5 Å². The second-order valence-corrected chi connectivity index (χ2v) is 3.78. The van der Waals surface area contributed by atoms with Crippen molar-refractivity contribution in [1.82, 2.24) is 9.97 Å². The molecule has 0 spiro atoms. The lowest BCUT2D eigenvalue weighted by atomic mass is 10.3. The number of nitro benzene ring substituents is 1. The highest BCUT2D eigenvalue weighted by Gasteiger charge is 2.17. The molecule has 0 saturated heterocycles. The molecule has 8 nitrogen and oxygen atoms in total. The molecule has 2 aromatic rings. The van der Waals surface area contributed by atoms with Gasteiger partial charge in [-0.1, -0.05) is 0 Å². The Morgan fingerprint density at radius 1 is 1.38 bits per heavy atom. The van der Waals surface area contributed by atoms with Crippen LogP contribution in [0.2, 0.25) is 0 Å². The van der Waals surface area contributed by atoms with Gasteiger partial charge in [0.2, 0.25) is 5.75 Å². The van der Waals surface area contributed by atoms with Crippen LogP contribution >= 0.6 is 0 Å². The summed E-state index contributed by atoms with van der Waals surface area (Å²) in [4.78, 5) is 17.6. The van der Waals surface area contributed by atoms with Gasteiger partial charge in [-0.3, -0.25) is 10.1 Å². The lowest BCUT2D eigenvalue weighted by molar-refractivity contribution is -0.385. The zero-order valence-corrected chi connectivity index (χ0v) is 11.2. The molecule has 0 atom stereocenters. The Labute approximate surface area is 118 Å². The van der Waals surface area contributed by atoms with Crippen LogP contribution in [0.4, 0.5) is 15.9 Å². The summed E-state index contributed by atoms with van der Waals surface area (Å²) in [5, 5.41) is 13.3. The topological polar surface area (TPSA) is 99.4 Å². The van der Waals surface area contributed by atoms with E-state index in [-0.39, 0.29) is 23.1 Å². The van der Waals surface area contributed by atoms with Crippen molar-refractivity contribution in [3.63, 3.8) is 0 Å². The summed E-state index contributed by atoms with van der Waals surface area (Å²) in [7, 11) is 3.01. The lowest BCUT2D eigenvalue weighted by Crippen LogP contribution is -2.01. The SMILES string of the molecule is CNc1ncnc(Oc2ccc([N+](=O)[O-])cc2F)c1OC. The second kappa shape index (κ2) is 5.99. The third-order valence-electron chi connectivity index (χ3n) is 2.54. The van der Waals surface area contributed by atoms with E-state index in [4.69, 9.17) is 9.47 Å². The van der Waals surface area contributed by atoms with Crippen LogP contribution in [0.1, 0.15) is 0 Å². The summed E-state index contributed by atoms with van der Waals surface area (Å²) in [6, 6.07) is 3.04. The highest BCUT2D eigenvalue weighted by atomic mass is 19.1. The average Bonchev–Trinajstić information content (AvgIpc) is 2.48. The summed E-state index contributed by atoms with van der Waals surface area (Å²) in [6.45, 7) is 0. The molecule has 0 aliphatic carbocycles. The van der Waals surface area contributed by atoms with E-state index >= 15 is 0 Å². The van der Waals surface area contributed by atoms with E-state index in [0.717, 1.165) is 18.2 Å². The number of aromatic nitrogens is 2. The summed E-state index contributed by atoms with van der Waals surface area (Å²) >= 11 is 0. The van der Waals surface area contributed by atoms with Crippen molar-refractivity contribution in [1.29, 1.82) is 0 Å². The molecule has 0 radical (unpaired) electrons. The molecule has 110 valence electrons. The largest absolute Gasteiger partial charge is 0.489 e. The molecular weight excluding hydrogens is 283 g/mol. The zero-order valence-electron chi connectivity index (χ0n) is 11.2. The molecule has 0 aliphatic rings. The summed E-state index contributed by atoms with van der Waals surface area (Å²) in [5.74, 6) is -0.539. The van der Waals surface area contributed by atoms with Gasteiger partial charge in [0, 0.05) is 13.1 Å². The quantitative estimate of drug-likeness (QED) is 0.667. The third-order valence-corrected chi connectivity index (χ3v) is 2.54. The normalized spacial score (nSPS) is 10.0. The number of nitrogens with zero attached hydrogens (tertiary/aromatic N) is 3. The molecule has 2 rings (SSSR count). The predicted molar refractivity (Wildman–Crippen MR) is 71.3 cm³/mol. The fourth-order valence-corrected chi connectivity index (χ4v) is 1.58. The summed E-state index contributed by atoms with van der Waals surface area (Å²) < 4.78 is 24.2. The number of ether oxygens (including phenoxy) is 2. The van der Waals surface area contributed by atoms with Crippen LogP contribution in [-0.4, -0.2) is 29.0 Å². The molecule has 0 unspecified atom stereocenters. The lowest BCUT2D eigenvalue weighted by Gasteiger charge is -2.11. The molecule has 0 saturated carbocycles. The number of halogens is 1. The molecule has 0 aliphatic heterocycles. The standard InChI is InChI=1S/C12H11FN4O4/c1-14-11-10(20-2)12(16-6-15-11)21-9-4-3-7(17(18)19)5-8(9)13/h3-6H,1-2H3,(H,14,15,16). The molecule has 1 aromatic heterocycles. The predicted octanol–water partition coefficient (Wildman–Crippen LogP) is 2.37. The van der Waals surface area contributed by atoms with Gasteiger partial charge in [0.05, 0.1) is 18.1 Å². The van der Waals surface area contributed by atoms with Crippen molar-refractivity contribution in [3.05, 3.63) is 40.5 Å². The molecule has 1 aromatic carbocycles. The van der Waals surface area contributed by atoms with Crippen LogP contribution in [0, 0.1) is 15.9 Å². The molecule has 1 N–H and O–H groups in total. The van der Waals surface area contributed by atoms with Crippen LogP contribution < -0.4 is 14.8 Å². The van der Waals surface area contributed by atoms with Crippen molar-refractivity contribution in [2.45, 2.75) is 0 Å². The fraction of sp³-hybridized carbons (Fsp3) is 0.167. The van der Waals surface area contributed by atoms with E-state index in [0.29, 0.717) is 5.82 Å². The highest BCUT2D eigenvalue weighted by Crippen LogP contribution is 2.35. The molecular formula is C12H11FN4O4. The maximum Gasteiger partial charge on any atom is 0.272 e. The van der Waals surface area contributed by atoms with Gasteiger partial charge in [-0.05, 0) is 6.07 Å². The van der Waals surface area contributed by atoms with Gasteiger partial charge in [0.1, 0.15) is 6.33 Å². The van der Waals surface area contributed by atoms with E-state index in [1.807, 2.05) is 0 Å². The van der Waals surface area contributed by atoms with Crippen molar-refractivity contribution < 1.29 is 18.8 Å². The number of non-ortho nitro benzene ring substituents is 1. The van der Waals surface area contributed by atoms with E-state index < -0.39 is 10.7 Å². The summed E-state index contributed by atoms with van der Waals surface area (Å²) in [6.07, 6.45) is 1.22. The fourth-order valence-electron chi connectivity index (χ4n) is 1.58. The van der Waals surface area contributed by atoms with Crippen molar-refractivity contribution in [2.75, 3.05) is 19.5 Å². The number of rotatable bonds is 5. The van der Waals surface area contributed by atoms with E-state index in [2.05, 4.69) is 15.3 Å². The van der Waals surface area contributed by atoms with Crippen molar-refractivity contribution in [3.8, 4) is 17.4 Å². The van der Waals surface area contributed by atoms with E-state index in [9.17, 15) is 14.5 Å². The van der Waals surface area contributed by atoms with Crippen LogP contribution in [0.25, 0.3) is 0 Å². The number of hydrogen-bond donors (Lipinski definition) is 1. The number of nitrogens with one attached hydrogen (secondary N) is 1. The molecule has 0 fully saturated rings. The summed E-state index contributed by atoms with van der Waals surface area (Å²) in [5.41, 5.74) is -0.370. The Balaban J connectivity index is 2.36. The number of methoxy groups -OCH3 is 1. The van der Waals surface area contributed by atoms with Gasteiger partial charge in [-0.25, -0.2) is 9.37 Å². The Bertz CT molecular complexity index is 680. The van der Waals surface area contributed by atoms with Gasteiger partial charge < -0.3 is 14.8 Å². The van der Waals surface area contributed by atoms with Crippen molar-refractivity contribution in [2.24, 2.45) is 0 Å². The Hall–Kier alpha value is -2.97. The minimum atomic E-state index is -0.879.